The number of phenols is 1. The van der Waals surface area contributed by atoms with Gasteiger partial charge in [0.05, 0.1) is 5.69 Å². The van der Waals surface area contributed by atoms with Crippen molar-refractivity contribution in [3.63, 3.8) is 0 Å². The van der Waals surface area contributed by atoms with Crippen LogP contribution < -0.4 is 10.6 Å². The van der Waals surface area contributed by atoms with Crippen molar-refractivity contribution in [2.24, 2.45) is 23.2 Å². The molecular weight excluding hydrogens is 316 g/mol. The molecule has 0 heterocycles. The van der Waals surface area contributed by atoms with Crippen molar-refractivity contribution in [3.05, 3.63) is 24.3 Å². The average molecular weight is 342 g/mol. The summed E-state index contributed by atoms with van der Waals surface area (Å²) in [6.07, 6.45) is 7.27. The Morgan fingerprint density at radius 1 is 1.04 bits per heavy atom. The summed E-state index contributed by atoms with van der Waals surface area (Å²) in [5, 5.41) is 15.4. The summed E-state index contributed by atoms with van der Waals surface area (Å²) >= 11 is 0. The number of nitrogens with one attached hydrogen (secondary N) is 2. The number of carbonyl (C=O) groups excluding carboxylic acids is 2. The van der Waals surface area contributed by atoms with E-state index in [4.69, 9.17) is 0 Å². The van der Waals surface area contributed by atoms with Crippen molar-refractivity contribution in [3.8, 4) is 5.75 Å². The number of aromatic hydroxyl groups is 1. The van der Waals surface area contributed by atoms with E-state index in [9.17, 15) is 14.7 Å². The summed E-state index contributed by atoms with van der Waals surface area (Å²) in [6.45, 7) is 0.347. The molecular formula is C20H26N2O3. The standard InChI is InChI=1S/C20H26N2O3/c23-17-4-2-1-3-16(17)22-18(24)5-6-21-19(25)20-10-13-7-14(11-20)9-15(8-13)12-20/h1-4,13-15,23H,5-12H2,(H,21,25)(H,22,24). The van der Waals surface area contributed by atoms with Crippen LogP contribution in [0.4, 0.5) is 5.69 Å². The fraction of sp³-hybridized carbons (Fsp3) is 0.600. The lowest BCUT2D eigenvalue weighted by Crippen LogP contribution is -2.53. The van der Waals surface area contributed by atoms with E-state index in [1.807, 2.05) is 0 Å². The molecule has 134 valence electrons. The largest absolute Gasteiger partial charge is 0.506 e. The van der Waals surface area contributed by atoms with E-state index < -0.39 is 0 Å². The predicted molar refractivity (Wildman–Crippen MR) is 95.0 cm³/mol. The quantitative estimate of drug-likeness (QED) is 0.720. The average Bonchev–Trinajstić information content (AvgIpc) is 2.55. The lowest BCUT2D eigenvalue weighted by Gasteiger charge is -2.55. The fourth-order valence-corrected chi connectivity index (χ4v) is 5.66. The molecule has 1 aromatic carbocycles. The van der Waals surface area contributed by atoms with Crippen molar-refractivity contribution in [1.82, 2.24) is 5.32 Å². The predicted octanol–water partition coefficient (Wildman–Crippen LogP) is 3.05. The number of hydrogen-bond acceptors (Lipinski definition) is 3. The number of anilines is 1. The highest BCUT2D eigenvalue weighted by Crippen LogP contribution is 2.60. The van der Waals surface area contributed by atoms with Gasteiger partial charge in [0.1, 0.15) is 5.75 Å². The van der Waals surface area contributed by atoms with Crippen LogP contribution in [0, 0.1) is 23.2 Å². The molecule has 4 aliphatic carbocycles. The normalized spacial score (nSPS) is 32.4. The Hall–Kier alpha value is -2.04. The lowest BCUT2D eigenvalue weighted by molar-refractivity contribution is -0.146. The molecule has 1 aromatic rings. The minimum atomic E-state index is -0.202. The maximum atomic E-state index is 12.8. The zero-order chi connectivity index (χ0) is 17.4. The second-order valence-corrected chi connectivity index (χ2v) is 8.27. The number of rotatable bonds is 5. The van der Waals surface area contributed by atoms with E-state index in [2.05, 4.69) is 10.6 Å². The summed E-state index contributed by atoms with van der Waals surface area (Å²) in [5.74, 6) is 2.21. The fourth-order valence-electron chi connectivity index (χ4n) is 5.66. The second kappa shape index (κ2) is 6.36. The highest BCUT2D eigenvalue weighted by molar-refractivity contribution is 5.92. The molecule has 5 nitrogen and oxygen atoms in total. The van der Waals surface area contributed by atoms with Crippen molar-refractivity contribution in [2.75, 3.05) is 11.9 Å². The van der Waals surface area contributed by atoms with E-state index >= 15 is 0 Å². The maximum Gasteiger partial charge on any atom is 0.226 e. The molecule has 5 heteroatoms. The van der Waals surface area contributed by atoms with Gasteiger partial charge in [-0.25, -0.2) is 0 Å². The van der Waals surface area contributed by atoms with Crippen LogP contribution in [0.1, 0.15) is 44.9 Å². The monoisotopic (exact) mass is 342 g/mol. The topological polar surface area (TPSA) is 78.4 Å². The summed E-state index contributed by atoms with van der Waals surface area (Å²) in [5.41, 5.74) is 0.239. The van der Waals surface area contributed by atoms with Crippen LogP contribution in [0.3, 0.4) is 0 Å². The van der Waals surface area contributed by atoms with E-state index in [1.54, 1.807) is 18.2 Å². The van der Waals surface area contributed by atoms with Crippen LogP contribution in [0.5, 0.6) is 5.75 Å². The van der Waals surface area contributed by atoms with Gasteiger partial charge in [0.2, 0.25) is 11.8 Å². The Labute approximate surface area is 148 Å². The van der Waals surface area contributed by atoms with E-state index in [0.29, 0.717) is 12.2 Å². The van der Waals surface area contributed by atoms with Gasteiger partial charge in [-0.05, 0) is 68.4 Å². The molecule has 0 radical (unpaired) electrons. The molecule has 0 unspecified atom stereocenters. The molecule has 25 heavy (non-hydrogen) atoms. The van der Waals surface area contributed by atoms with Gasteiger partial charge in [-0.2, -0.15) is 0 Å². The third-order valence-electron chi connectivity index (χ3n) is 6.34. The highest BCUT2D eigenvalue weighted by Gasteiger charge is 2.54. The van der Waals surface area contributed by atoms with Gasteiger partial charge in [0.25, 0.3) is 0 Å². The van der Waals surface area contributed by atoms with Crippen molar-refractivity contribution >= 4 is 17.5 Å². The van der Waals surface area contributed by atoms with Crippen LogP contribution >= 0.6 is 0 Å². The van der Waals surface area contributed by atoms with Crippen LogP contribution in [-0.4, -0.2) is 23.5 Å². The number of hydrogen-bond donors (Lipinski definition) is 3. The molecule has 0 aromatic heterocycles. The minimum absolute atomic E-state index is 0.0495. The first-order chi connectivity index (χ1) is 12.0. The van der Waals surface area contributed by atoms with Gasteiger partial charge >= 0.3 is 0 Å². The Kier molecular flexibility index (Phi) is 4.18. The molecule has 4 bridgehead atoms. The number of benzene rings is 1. The van der Waals surface area contributed by atoms with Crippen molar-refractivity contribution in [2.45, 2.75) is 44.9 Å². The molecule has 0 saturated heterocycles. The molecule has 2 amide bonds. The van der Waals surface area contributed by atoms with Gasteiger partial charge in [-0.15, -0.1) is 0 Å². The Morgan fingerprint density at radius 2 is 1.64 bits per heavy atom. The Bertz CT molecular complexity index is 650. The molecule has 0 spiro atoms. The molecule has 4 aliphatic rings. The Balaban J connectivity index is 1.28. The first-order valence-electron chi connectivity index (χ1n) is 9.40. The summed E-state index contributed by atoms with van der Waals surface area (Å²) < 4.78 is 0. The molecule has 4 saturated carbocycles. The van der Waals surface area contributed by atoms with Gasteiger partial charge in [-0.1, -0.05) is 12.1 Å². The summed E-state index contributed by atoms with van der Waals surface area (Å²) in [6, 6.07) is 6.65. The minimum Gasteiger partial charge on any atom is -0.506 e. The van der Waals surface area contributed by atoms with Gasteiger partial charge in [0.15, 0.2) is 0 Å². The first kappa shape index (κ1) is 16.4. The summed E-state index contributed by atoms with van der Waals surface area (Å²) in [7, 11) is 0. The Morgan fingerprint density at radius 3 is 2.24 bits per heavy atom. The molecule has 4 fully saturated rings. The summed E-state index contributed by atoms with van der Waals surface area (Å²) in [4.78, 5) is 24.8. The molecule has 3 N–H and O–H groups in total. The van der Waals surface area contributed by atoms with Crippen LogP contribution in [0.15, 0.2) is 24.3 Å². The van der Waals surface area contributed by atoms with E-state index in [1.165, 1.54) is 25.3 Å². The van der Waals surface area contributed by atoms with Crippen molar-refractivity contribution < 1.29 is 14.7 Å². The number of phenolic OH excluding ortho intramolecular Hbond substituents is 1. The lowest BCUT2D eigenvalue weighted by atomic mass is 9.49. The maximum absolute atomic E-state index is 12.8. The van der Waals surface area contributed by atoms with Crippen molar-refractivity contribution in [1.29, 1.82) is 0 Å². The highest BCUT2D eigenvalue weighted by atomic mass is 16.3. The molecule has 0 atom stereocenters. The number of amides is 2. The van der Waals surface area contributed by atoms with Gasteiger partial charge in [-0.3, -0.25) is 9.59 Å². The van der Waals surface area contributed by atoms with E-state index in [-0.39, 0.29) is 29.4 Å². The molecule has 0 aliphatic heterocycles. The second-order valence-electron chi connectivity index (χ2n) is 8.27. The first-order valence-corrected chi connectivity index (χ1v) is 9.40. The van der Waals surface area contributed by atoms with Gasteiger partial charge < -0.3 is 15.7 Å². The van der Waals surface area contributed by atoms with Gasteiger partial charge in [0, 0.05) is 18.4 Å². The van der Waals surface area contributed by atoms with E-state index in [0.717, 1.165) is 37.0 Å². The number of para-hydroxylation sites is 2. The zero-order valence-electron chi connectivity index (χ0n) is 14.5. The smallest absolute Gasteiger partial charge is 0.226 e. The zero-order valence-corrected chi connectivity index (χ0v) is 14.5. The SMILES string of the molecule is O=C(CCNC(=O)C12CC3CC(CC(C3)C1)C2)Nc1ccccc1O. The van der Waals surface area contributed by atoms with Crippen LogP contribution in [0.2, 0.25) is 0 Å². The number of carbonyl (C=O) groups is 2. The third kappa shape index (κ3) is 3.24. The van der Waals surface area contributed by atoms with Crippen LogP contribution in [-0.2, 0) is 9.59 Å². The molecule has 5 rings (SSSR count). The third-order valence-corrected chi connectivity index (χ3v) is 6.34. The van der Waals surface area contributed by atoms with Crippen LogP contribution in [0.25, 0.3) is 0 Å².